The molecule has 0 fully saturated rings. The maximum absolute atomic E-state index is 13.2. The zero-order chi connectivity index (χ0) is 18.5. The fourth-order valence-corrected chi connectivity index (χ4v) is 2.65. The maximum atomic E-state index is 13.2. The lowest BCUT2D eigenvalue weighted by atomic mass is 10.1. The van der Waals surface area contributed by atoms with Gasteiger partial charge in [0.1, 0.15) is 11.6 Å². The molecule has 6 heteroatoms. The molecule has 0 saturated carbocycles. The Balaban J connectivity index is 1.72. The molecule has 132 valence electrons. The third-order valence-corrected chi connectivity index (χ3v) is 4.15. The molecule has 1 atom stereocenters. The van der Waals surface area contributed by atoms with Gasteiger partial charge in [-0.05, 0) is 42.8 Å². The molecule has 0 aliphatic carbocycles. The third-order valence-electron chi connectivity index (χ3n) is 3.86. The highest BCUT2D eigenvalue weighted by atomic mass is 35.5. The van der Waals surface area contributed by atoms with Crippen LogP contribution in [0.25, 0.3) is 0 Å². The van der Waals surface area contributed by atoms with Crippen molar-refractivity contribution < 1.29 is 9.18 Å². The second-order valence-electron chi connectivity index (χ2n) is 5.79. The first-order valence-corrected chi connectivity index (χ1v) is 8.44. The molecule has 0 bridgehead atoms. The number of nitrogens with zero attached hydrogens (tertiary/aromatic N) is 1. The Kier molecular flexibility index (Phi) is 5.49. The summed E-state index contributed by atoms with van der Waals surface area (Å²) in [6, 6.07) is 17.1. The monoisotopic (exact) mass is 369 g/mol. The molecule has 0 spiro atoms. The van der Waals surface area contributed by atoms with E-state index in [4.69, 9.17) is 11.6 Å². The Morgan fingerprint density at radius 1 is 1.12 bits per heavy atom. The highest BCUT2D eigenvalue weighted by Crippen LogP contribution is 2.22. The number of hydrogen-bond acceptors (Lipinski definition) is 3. The van der Waals surface area contributed by atoms with Crippen molar-refractivity contribution in [2.75, 3.05) is 5.32 Å². The molecule has 0 saturated heterocycles. The van der Waals surface area contributed by atoms with E-state index in [1.165, 1.54) is 18.3 Å². The van der Waals surface area contributed by atoms with E-state index in [1.807, 2.05) is 37.3 Å². The molecule has 1 amide bonds. The largest absolute Gasteiger partial charge is 0.346 e. The molecule has 2 aromatic carbocycles. The van der Waals surface area contributed by atoms with Crippen LogP contribution in [0.5, 0.6) is 0 Å². The average Bonchev–Trinajstić information content (AvgIpc) is 2.65. The van der Waals surface area contributed by atoms with Crippen molar-refractivity contribution in [3.05, 3.63) is 88.8 Å². The summed E-state index contributed by atoms with van der Waals surface area (Å²) >= 11 is 5.78. The maximum Gasteiger partial charge on any atom is 0.251 e. The Morgan fingerprint density at radius 3 is 2.62 bits per heavy atom. The van der Waals surface area contributed by atoms with Gasteiger partial charge >= 0.3 is 0 Å². The minimum Gasteiger partial charge on any atom is -0.346 e. The van der Waals surface area contributed by atoms with Crippen LogP contribution in [0, 0.1) is 5.82 Å². The Bertz CT molecular complexity index is 918. The van der Waals surface area contributed by atoms with E-state index in [-0.39, 0.29) is 17.0 Å². The lowest BCUT2D eigenvalue weighted by Crippen LogP contribution is -2.26. The molecule has 26 heavy (non-hydrogen) atoms. The van der Waals surface area contributed by atoms with E-state index < -0.39 is 5.82 Å². The first kappa shape index (κ1) is 17.9. The second-order valence-corrected chi connectivity index (χ2v) is 6.20. The Hall–Kier alpha value is -2.92. The number of anilines is 2. The van der Waals surface area contributed by atoms with Crippen molar-refractivity contribution in [3.63, 3.8) is 0 Å². The first-order chi connectivity index (χ1) is 12.5. The fraction of sp³-hybridized carbons (Fsp3) is 0.100. The van der Waals surface area contributed by atoms with Gasteiger partial charge in [-0.2, -0.15) is 0 Å². The molecule has 3 aromatic rings. The molecular formula is C20H17ClFN3O. The number of amides is 1. The number of carbonyl (C=O) groups is 1. The predicted molar refractivity (Wildman–Crippen MR) is 101 cm³/mol. The smallest absolute Gasteiger partial charge is 0.251 e. The predicted octanol–water partition coefficient (Wildman–Crippen LogP) is 5.11. The van der Waals surface area contributed by atoms with Gasteiger partial charge in [0, 0.05) is 17.4 Å². The summed E-state index contributed by atoms with van der Waals surface area (Å²) in [4.78, 5) is 16.7. The van der Waals surface area contributed by atoms with Gasteiger partial charge in [-0.1, -0.05) is 41.9 Å². The molecule has 1 heterocycles. The molecular weight excluding hydrogens is 353 g/mol. The van der Waals surface area contributed by atoms with E-state index in [0.29, 0.717) is 17.1 Å². The fourth-order valence-electron chi connectivity index (χ4n) is 2.47. The van der Waals surface area contributed by atoms with Crippen molar-refractivity contribution in [1.82, 2.24) is 10.3 Å². The van der Waals surface area contributed by atoms with Crippen molar-refractivity contribution in [2.45, 2.75) is 13.0 Å². The third kappa shape index (κ3) is 4.37. The number of nitrogens with one attached hydrogen (secondary N) is 2. The molecule has 1 unspecified atom stereocenters. The highest BCUT2D eigenvalue weighted by Gasteiger charge is 2.12. The molecule has 3 rings (SSSR count). The molecule has 0 radical (unpaired) electrons. The normalized spacial score (nSPS) is 11.7. The zero-order valence-corrected chi connectivity index (χ0v) is 14.8. The number of aromatic nitrogens is 1. The summed E-state index contributed by atoms with van der Waals surface area (Å²) in [5.41, 5.74) is 2.08. The van der Waals surface area contributed by atoms with Gasteiger partial charge in [-0.15, -0.1) is 0 Å². The molecule has 4 nitrogen and oxygen atoms in total. The van der Waals surface area contributed by atoms with Crippen molar-refractivity contribution in [2.24, 2.45) is 0 Å². The Morgan fingerprint density at radius 2 is 1.88 bits per heavy atom. The summed E-state index contributed by atoms with van der Waals surface area (Å²) < 4.78 is 13.2. The van der Waals surface area contributed by atoms with E-state index in [0.717, 1.165) is 5.56 Å². The van der Waals surface area contributed by atoms with Crippen molar-refractivity contribution in [1.29, 1.82) is 0 Å². The minimum absolute atomic E-state index is 0.0144. The van der Waals surface area contributed by atoms with Crippen LogP contribution in [-0.2, 0) is 0 Å². The lowest BCUT2D eigenvalue weighted by Gasteiger charge is -2.14. The van der Waals surface area contributed by atoms with Gasteiger partial charge in [0.2, 0.25) is 0 Å². The number of pyridine rings is 1. The van der Waals surface area contributed by atoms with Crippen molar-refractivity contribution in [3.8, 4) is 0 Å². The number of carbonyl (C=O) groups excluding carboxylic acids is 1. The molecule has 0 aliphatic rings. The van der Waals surface area contributed by atoms with Crippen LogP contribution in [0.1, 0.15) is 28.9 Å². The number of halogens is 2. The molecule has 0 aliphatic heterocycles. The quantitative estimate of drug-likeness (QED) is 0.657. The number of hydrogen-bond donors (Lipinski definition) is 2. The number of rotatable bonds is 5. The summed E-state index contributed by atoms with van der Waals surface area (Å²) in [7, 11) is 0. The molecule has 1 aromatic heterocycles. The standard InChI is InChI=1S/C20H17ClFN3O/c1-13(14-5-3-2-4-6-14)24-20(26)15-9-10-23-19(11-15)25-16-7-8-18(22)17(21)12-16/h2-13H,1H3,(H,23,25)(H,24,26). The van der Waals surface area contributed by atoms with Gasteiger partial charge < -0.3 is 10.6 Å². The van der Waals surface area contributed by atoms with Gasteiger partial charge in [0.25, 0.3) is 5.91 Å². The average molecular weight is 370 g/mol. The summed E-state index contributed by atoms with van der Waals surface area (Å²) in [5, 5.41) is 5.98. The number of benzene rings is 2. The van der Waals surface area contributed by atoms with Crippen LogP contribution in [-0.4, -0.2) is 10.9 Å². The van der Waals surface area contributed by atoms with Crippen LogP contribution >= 0.6 is 11.6 Å². The van der Waals surface area contributed by atoms with Gasteiger partial charge in [-0.25, -0.2) is 9.37 Å². The highest BCUT2D eigenvalue weighted by molar-refractivity contribution is 6.31. The second kappa shape index (κ2) is 7.97. The van der Waals surface area contributed by atoms with E-state index >= 15 is 0 Å². The zero-order valence-electron chi connectivity index (χ0n) is 14.0. The topological polar surface area (TPSA) is 54.0 Å². The van der Waals surface area contributed by atoms with Crippen LogP contribution < -0.4 is 10.6 Å². The van der Waals surface area contributed by atoms with Crippen molar-refractivity contribution >= 4 is 29.0 Å². The summed E-state index contributed by atoms with van der Waals surface area (Å²) in [6.45, 7) is 1.92. The van der Waals surface area contributed by atoms with Gasteiger partial charge in [-0.3, -0.25) is 4.79 Å². The summed E-state index contributed by atoms with van der Waals surface area (Å²) in [5.74, 6) is -0.232. The Labute approximate surface area is 156 Å². The molecule has 2 N–H and O–H groups in total. The van der Waals surface area contributed by atoms with E-state index in [1.54, 1.807) is 18.2 Å². The first-order valence-electron chi connectivity index (χ1n) is 8.07. The van der Waals surface area contributed by atoms with Gasteiger partial charge in [0.15, 0.2) is 0 Å². The SMILES string of the molecule is CC(NC(=O)c1ccnc(Nc2ccc(F)c(Cl)c2)c1)c1ccccc1. The van der Waals surface area contributed by atoms with E-state index in [9.17, 15) is 9.18 Å². The minimum atomic E-state index is -0.492. The van der Waals surface area contributed by atoms with Crippen LogP contribution in [0.4, 0.5) is 15.9 Å². The lowest BCUT2D eigenvalue weighted by molar-refractivity contribution is 0.0940. The summed E-state index contributed by atoms with van der Waals surface area (Å²) in [6.07, 6.45) is 1.54. The van der Waals surface area contributed by atoms with Crippen LogP contribution in [0.3, 0.4) is 0 Å². The van der Waals surface area contributed by atoms with Crippen LogP contribution in [0.15, 0.2) is 66.9 Å². The van der Waals surface area contributed by atoms with Gasteiger partial charge in [0.05, 0.1) is 11.1 Å². The van der Waals surface area contributed by atoms with Crippen LogP contribution in [0.2, 0.25) is 5.02 Å². The van der Waals surface area contributed by atoms with E-state index in [2.05, 4.69) is 15.6 Å².